The molecule has 0 spiro atoms. The number of rotatable bonds is 2. The Kier molecular flexibility index (Phi) is 4.45. The fourth-order valence-corrected chi connectivity index (χ4v) is 9.39. The molecule has 1 atom stereocenters. The third kappa shape index (κ3) is 2.88. The van der Waals surface area contributed by atoms with E-state index in [0.29, 0.717) is 0 Å². The van der Waals surface area contributed by atoms with Gasteiger partial charge in [0.25, 0.3) is 0 Å². The number of thioether (sulfide) groups is 1. The van der Waals surface area contributed by atoms with E-state index >= 15 is 0 Å². The minimum Gasteiger partial charge on any atom is -0.459 e. The summed E-state index contributed by atoms with van der Waals surface area (Å²) in [5.74, 6) is 2.30. The molecular weight excluding hydrogens is 555 g/mol. The van der Waals surface area contributed by atoms with Crippen LogP contribution in [0.5, 0.6) is 5.75 Å². The molecule has 3 aliphatic carbocycles. The largest absolute Gasteiger partial charge is 0.459 e. The highest BCUT2D eigenvalue weighted by atomic mass is 32.2. The highest BCUT2D eigenvalue weighted by molar-refractivity contribution is 8.03. The van der Waals surface area contributed by atoms with Crippen molar-refractivity contribution in [2.75, 3.05) is 0 Å². The molecule has 2 nitrogen and oxygen atoms in total. The molecule has 0 fully saturated rings. The summed E-state index contributed by atoms with van der Waals surface area (Å²) in [7, 11) is 0. The SMILES string of the molecule is C1=CC2=C(CC1)Oc1ccc(-n3c4cccc5c4c4c6c7c(ccc6ccc43)C(c3ccccc3)c3cccc-5c3-7)cc1S2. The molecule has 11 rings (SSSR count). The molecular formula is C41H25NOS. The van der Waals surface area contributed by atoms with Crippen LogP contribution in [0.1, 0.15) is 35.4 Å². The first kappa shape index (κ1) is 23.5. The molecule has 4 aliphatic rings. The van der Waals surface area contributed by atoms with Crippen molar-refractivity contribution in [1.82, 2.24) is 4.57 Å². The summed E-state index contributed by atoms with van der Waals surface area (Å²) in [6.45, 7) is 0. The maximum Gasteiger partial charge on any atom is 0.141 e. The third-order valence-corrected chi connectivity index (χ3v) is 11.2. The smallest absolute Gasteiger partial charge is 0.141 e. The van der Waals surface area contributed by atoms with E-state index in [2.05, 4.69) is 126 Å². The van der Waals surface area contributed by atoms with Crippen molar-refractivity contribution in [3.05, 3.63) is 149 Å². The summed E-state index contributed by atoms with van der Waals surface area (Å²) in [5, 5.41) is 5.41. The van der Waals surface area contributed by atoms with Crippen LogP contribution in [0.25, 0.3) is 60.5 Å². The summed E-state index contributed by atoms with van der Waals surface area (Å²) in [4.78, 5) is 2.41. The number of allylic oxidation sites excluding steroid dienone is 3. The van der Waals surface area contributed by atoms with Crippen molar-refractivity contribution >= 4 is 44.3 Å². The molecule has 7 aromatic rings. The van der Waals surface area contributed by atoms with E-state index in [1.165, 1.54) is 87.0 Å². The maximum absolute atomic E-state index is 6.39. The number of benzene rings is 6. The van der Waals surface area contributed by atoms with Gasteiger partial charge in [-0.2, -0.15) is 0 Å². The van der Waals surface area contributed by atoms with E-state index in [4.69, 9.17) is 4.74 Å². The van der Waals surface area contributed by atoms with Gasteiger partial charge in [0.2, 0.25) is 0 Å². The third-order valence-electron chi connectivity index (χ3n) is 10.1. The first-order valence-corrected chi connectivity index (χ1v) is 16.3. The Labute approximate surface area is 258 Å². The van der Waals surface area contributed by atoms with Crippen molar-refractivity contribution in [2.24, 2.45) is 0 Å². The van der Waals surface area contributed by atoms with Gasteiger partial charge in [-0.1, -0.05) is 96.7 Å². The Morgan fingerprint density at radius 3 is 2.48 bits per heavy atom. The lowest BCUT2D eigenvalue weighted by Crippen LogP contribution is -2.06. The average Bonchev–Trinajstić information content (AvgIpc) is 3.56. The highest BCUT2D eigenvalue weighted by Gasteiger charge is 2.36. The molecule has 3 heteroatoms. The lowest BCUT2D eigenvalue weighted by molar-refractivity contribution is 0.389. The van der Waals surface area contributed by atoms with E-state index < -0.39 is 0 Å². The zero-order valence-electron chi connectivity index (χ0n) is 23.8. The fourth-order valence-electron chi connectivity index (χ4n) is 8.34. The second kappa shape index (κ2) is 8.34. The average molecular weight is 580 g/mol. The van der Waals surface area contributed by atoms with Crippen LogP contribution in [0.15, 0.2) is 137 Å². The van der Waals surface area contributed by atoms with Gasteiger partial charge < -0.3 is 9.30 Å². The fraction of sp³-hybridized carbons (Fsp3) is 0.0732. The predicted molar refractivity (Wildman–Crippen MR) is 182 cm³/mol. The molecule has 2 heterocycles. The van der Waals surface area contributed by atoms with Crippen LogP contribution in [0.3, 0.4) is 0 Å². The van der Waals surface area contributed by atoms with Crippen molar-refractivity contribution in [3.8, 4) is 33.7 Å². The van der Waals surface area contributed by atoms with Gasteiger partial charge in [0, 0.05) is 28.8 Å². The molecule has 6 aromatic carbocycles. The Morgan fingerprint density at radius 2 is 1.52 bits per heavy atom. The second-order valence-corrected chi connectivity index (χ2v) is 13.4. The quantitative estimate of drug-likeness (QED) is 0.202. The molecule has 1 aromatic heterocycles. The Balaban J connectivity index is 1.24. The molecule has 0 amide bonds. The first-order valence-electron chi connectivity index (χ1n) is 15.4. The number of ether oxygens (including phenoxy) is 1. The zero-order chi connectivity index (χ0) is 28.5. The summed E-state index contributed by atoms with van der Waals surface area (Å²) >= 11 is 1.83. The van der Waals surface area contributed by atoms with E-state index in [9.17, 15) is 0 Å². The van der Waals surface area contributed by atoms with Crippen molar-refractivity contribution in [1.29, 1.82) is 0 Å². The highest BCUT2D eigenvalue weighted by Crippen LogP contribution is 2.58. The minimum absolute atomic E-state index is 0.231. The van der Waals surface area contributed by atoms with Gasteiger partial charge in [0.05, 0.1) is 20.8 Å². The van der Waals surface area contributed by atoms with Crippen LogP contribution in [0.2, 0.25) is 0 Å². The monoisotopic (exact) mass is 579 g/mol. The van der Waals surface area contributed by atoms with Crippen molar-refractivity contribution in [3.63, 3.8) is 0 Å². The standard InChI is InChI=1S/C41H25NOS/c1-2-8-23(9-3-1)36-28-12-6-10-26-27-11-7-13-30-39(27)41-31(20-17-24-16-19-29(36)40(37(24)41)38(26)28)42(30)25-18-21-33-35(22-25)44-34-15-5-4-14-32(34)43-33/h1-3,5-13,15-22,36H,4,14H2. The second-order valence-electron chi connectivity index (χ2n) is 12.3. The molecule has 44 heavy (non-hydrogen) atoms. The Hall–Kier alpha value is -4.99. The number of hydrogen-bond donors (Lipinski definition) is 0. The first-order chi connectivity index (χ1) is 21.8. The van der Waals surface area contributed by atoms with Crippen LogP contribution in [-0.4, -0.2) is 4.57 Å². The van der Waals surface area contributed by atoms with Crippen LogP contribution in [0, 0.1) is 0 Å². The van der Waals surface area contributed by atoms with E-state index in [1.807, 2.05) is 11.8 Å². The molecule has 1 unspecified atom stereocenters. The summed E-state index contributed by atoms with van der Waals surface area (Å²) in [6.07, 6.45) is 6.50. The molecule has 1 aliphatic heterocycles. The summed E-state index contributed by atoms with van der Waals surface area (Å²) in [5.41, 5.74) is 13.4. The lowest BCUT2D eigenvalue weighted by Gasteiger charge is -2.24. The van der Waals surface area contributed by atoms with Gasteiger partial charge in [0.15, 0.2) is 0 Å². The van der Waals surface area contributed by atoms with Gasteiger partial charge in [-0.3, -0.25) is 0 Å². The molecule has 0 N–H and O–H groups in total. The minimum atomic E-state index is 0.231. The van der Waals surface area contributed by atoms with E-state index in [0.717, 1.165) is 24.4 Å². The van der Waals surface area contributed by atoms with Gasteiger partial charge in [-0.15, -0.1) is 0 Å². The van der Waals surface area contributed by atoms with Gasteiger partial charge >= 0.3 is 0 Å². The number of aromatic nitrogens is 1. The van der Waals surface area contributed by atoms with E-state index in [1.54, 1.807) is 0 Å². The Bertz CT molecular complexity index is 2500. The zero-order valence-corrected chi connectivity index (χ0v) is 24.6. The van der Waals surface area contributed by atoms with Crippen LogP contribution in [-0.2, 0) is 0 Å². The number of hydrogen-bond acceptors (Lipinski definition) is 2. The summed E-state index contributed by atoms with van der Waals surface area (Å²) < 4.78 is 8.87. The maximum atomic E-state index is 6.39. The van der Waals surface area contributed by atoms with E-state index in [-0.39, 0.29) is 5.92 Å². The summed E-state index contributed by atoms with van der Waals surface area (Å²) in [6, 6.07) is 41.0. The molecule has 0 radical (unpaired) electrons. The van der Waals surface area contributed by atoms with Crippen LogP contribution in [0.4, 0.5) is 0 Å². The molecule has 0 saturated carbocycles. The van der Waals surface area contributed by atoms with Gasteiger partial charge in [-0.25, -0.2) is 0 Å². The topological polar surface area (TPSA) is 14.2 Å². The van der Waals surface area contributed by atoms with Crippen molar-refractivity contribution < 1.29 is 4.74 Å². The number of nitrogens with zero attached hydrogens (tertiary/aromatic N) is 1. The molecule has 0 bridgehead atoms. The normalized spacial score (nSPS) is 17.0. The molecule has 0 saturated heterocycles. The predicted octanol–water partition coefficient (Wildman–Crippen LogP) is 11.1. The van der Waals surface area contributed by atoms with Gasteiger partial charge in [0.1, 0.15) is 11.5 Å². The lowest BCUT2D eigenvalue weighted by atomic mass is 9.87. The number of fused-ring (bicyclic) bond motifs is 2. The van der Waals surface area contributed by atoms with Gasteiger partial charge in [-0.05, 0) is 92.5 Å². The van der Waals surface area contributed by atoms with Crippen molar-refractivity contribution in [2.45, 2.75) is 23.7 Å². The Morgan fingerprint density at radius 1 is 0.682 bits per heavy atom. The molecule has 206 valence electrons. The van der Waals surface area contributed by atoms with Crippen LogP contribution >= 0.6 is 11.8 Å². The van der Waals surface area contributed by atoms with Crippen LogP contribution < -0.4 is 4.74 Å².